The number of carboxylic acid groups (broad SMARTS) is 1. The van der Waals surface area contributed by atoms with Crippen LogP contribution in [0.3, 0.4) is 0 Å². The van der Waals surface area contributed by atoms with E-state index in [-0.39, 0.29) is 24.6 Å². The van der Waals surface area contributed by atoms with Crippen LogP contribution in [-0.4, -0.2) is 28.5 Å². The molecule has 1 heterocycles. The van der Waals surface area contributed by atoms with Gasteiger partial charge in [-0.1, -0.05) is 29.8 Å². The van der Waals surface area contributed by atoms with E-state index in [1.165, 1.54) is 17.2 Å². The molecule has 0 aliphatic carbocycles. The Kier molecular flexibility index (Phi) is 4.90. The molecule has 0 radical (unpaired) electrons. The predicted molar refractivity (Wildman–Crippen MR) is 79.6 cm³/mol. The highest BCUT2D eigenvalue weighted by molar-refractivity contribution is 6.31. The number of amides is 1. The second-order valence-corrected chi connectivity index (χ2v) is 4.73. The third-order valence-electron chi connectivity index (χ3n) is 2.80. The average molecular weight is 305 g/mol. The smallest absolute Gasteiger partial charge is 0.305 e. The lowest BCUT2D eigenvalue weighted by atomic mass is 10.2. The van der Waals surface area contributed by atoms with E-state index in [0.29, 0.717) is 10.7 Å². The number of hydrogen-bond acceptors (Lipinski definition) is 3. The van der Waals surface area contributed by atoms with Gasteiger partial charge in [0.15, 0.2) is 0 Å². The summed E-state index contributed by atoms with van der Waals surface area (Å²) in [5, 5.41) is 9.23. The fourth-order valence-electron chi connectivity index (χ4n) is 1.82. The van der Waals surface area contributed by atoms with Gasteiger partial charge in [-0.15, -0.1) is 0 Å². The number of nitrogens with zero attached hydrogens (tertiary/aromatic N) is 2. The summed E-state index contributed by atoms with van der Waals surface area (Å²) in [7, 11) is 0. The Morgan fingerprint density at radius 1 is 1.19 bits per heavy atom. The second kappa shape index (κ2) is 6.85. The molecule has 1 N–H and O–H groups in total. The van der Waals surface area contributed by atoms with Crippen LogP contribution in [0.15, 0.2) is 48.7 Å². The standard InChI is InChI=1S/C15H13ClN2O3/c16-11-6-8-17-13(10-11)15(21)18(9-7-14(19)20)12-4-2-1-3-5-12/h1-6,8,10H,7,9H2,(H,19,20). The van der Waals surface area contributed by atoms with Crippen molar-refractivity contribution in [1.29, 1.82) is 0 Å². The number of carbonyl (C=O) groups excluding carboxylic acids is 1. The molecule has 1 amide bonds. The Labute approximate surface area is 126 Å². The summed E-state index contributed by atoms with van der Waals surface area (Å²) < 4.78 is 0. The molecule has 5 nitrogen and oxygen atoms in total. The number of anilines is 1. The normalized spacial score (nSPS) is 10.1. The quantitative estimate of drug-likeness (QED) is 0.922. The molecule has 2 aromatic rings. The summed E-state index contributed by atoms with van der Waals surface area (Å²) in [5.41, 5.74) is 0.794. The maximum Gasteiger partial charge on any atom is 0.305 e. The van der Waals surface area contributed by atoms with Crippen LogP contribution in [-0.2, 0) is 4.79 Å². The zero-order chi connectivity index (χ0) is 15.2. The van der Waals surface area contributed by atoms with Gasteiger partial charge in [0.1, 0.15) is 5.69 Å². The molecule has 21 heavy (non-hydrogen) atoms. The topological polar surface area (TPSA) is 70.5 Å². The minimum absolute atomic E-state index is 0.0619. The van der Waals surface area contributed by atoms with Gasteiger partial charge in [-0.05, 0) is 24.3 Å². The lowest BCUT2D eigenvalue weighted by Gasteiger charge is -2.21. The molecule has 0 saturated carbocycles. The second-order valence-electron chi connectivity index (χ2n) is 4.30. The number of carbonyl (C=O) groups is 2. The largest absolute Gasteiger partial charge is 0.481 e. The van der Waals surface area contributed by atoms with Crippen LogP contribution >= 0.6 is 11.6 Å². The van der Waals surface area contributed by atoms with Gasteiger partial charge >= 0.3 is 5.97 Å². The predicted octanol–water partition coefficient (Wildman–Crippen LogP) is 2.86. The number of para-hydroxylation sites is 1. The highest BCUT2D eigenvalue weighted by Gasteiger charge is 2.19. The molecular formula is C15H13ClN2O3. The van der Waals surface area contributed by atoms with Crippen LogP contribution in [0.4, 0.5) is 5.69 Å². The Hall–Kier alpha value is -2.40. The summed E-state index contributed by atoms with van der Waals surface area (Å²) in [6, 6.07) is 11.9. The van der Waals surface area contributed by atoms with Crippen LogP contribution in [0.2, 0.25) is 5.02 Å². The van der Waals surface area contributed by atoms with Crippen molar-refractivity contribution in [3.8, 4) is 0 Å². The van der Waals surface area contributed by atoms with Crippen molar-refractivity contribution < 1.29 is 14.7 Å². The Morgan fingerprint density at radius 3 is 2.52 bits per heavy atom. The molecule has 0 spiro atoms. The first kappa shape index (κ1) is 15.0. The van der Waals surface area contributed by atoms with Gasteiger partial charge in [-0.25, -0.2) is 0 Å². The van der Waals surface area contributed by atoms with E-state index in [9.17, 15) is 9.59 Å². The summed E-state index contributed by atoms with van der Waals surface area (Å²) in [6.07, 6.45) is 1.29. The molecule has 0 atom stereocenters. The molecule has 0 unspecified atom stereocenters. The molecule has 0 bridgehead atoms. The van der Waals surface area contributed by atoms with E-state index < -0.39 is 5.97 Å². The number of halogens is 1. The minimum atomic E-state index is -0.970. The zero-order valence-electron chi connectivity index (χ0n) is 11.1. The summed E-state index contributed by atoms with van der Waals surface area (Å²) in [6.45, 7) is 0.0619. The number of carboxylic acids is 1. The lowest BCUT2D eigenvalue weighted by molar-refractivity contribution is -0.136. The Balaban J connectivity index is 2.30. The van der Waals surface area contributed by atoms with E-state index in [2.05, 4.69) is 4.98 Å². The molecule has 2 rings (SSSR count). The van der Waals surface area contributed by atoms with Crippen LogP contribution in [0.5, 0.6) is 0 Å². The van der Waals surface area contributed by atoms with Crippen molar-refractivity contribution >= 4 is 29.2 Å². The number of aliphatic carboxylic acids is 1. The SMILES string of the molecule is O=C(O)CCN(C(=O)c1cc(Cl)ccn1)c1ccccc1. The molecule has 6 heteroatoms. The number of pyridine rings is 1. The number of benzene rings is 1. The van der Waals surface area contributed by atoms with Crippen LogP contribution in [0, 0.1) is 0 Å². The molecule has 0 aliphatic heterocycles. The molecule has 1 aromatic carbocycles. The summed E-state index contributed by atoms with van der Waals surface area (Å²) in [5.74, 6) is -1.35. The van der Waals surface area contributed by atoms with Gasteiger partial charge < -0.3 is 10.0 Å². The number of rotatable bonds is 5. The molecule has 0 aliphatic rings. The van der Waals surface area contributed by atoms with E-state index in [0.717, 1.165) is 0 Å². The first-order chi connectivity index (χ1) is 10.1. The summed E-state index contributed by atoms with van der Waals surface area (Å²) >= 11 is 5.86. The first-order valence-corrected chi connectivity index (χ1v) is 6.66. The van der Waals surface area contributed by atoms with E-state index >= 15 is 0 Å². The molecule has 0 saturated heterocycles. The van der Waals surface area contributed by atoms with E-state index in [1.807, 2.05) is 6.07 Å². The monoisotopic (exact) mass is 304 g/mol. The molecule has 1 aromatic heterocycles. The van der Waals surface area contributed by atoms with Crippen molar-refractivity contribution in [2.75, 3.05) is 11.4 Å². The van der Waals surface area contributed by atoms with Crippen LogP contribution < -0.4 is 4.90 Å². The fourth-order valence-corrected chi connectivity index (χ4v) is 1.98. The highest BCUT2D eigenvalue weighted by Crippen LogP contribution is 2.18. The number of aromatic nitrogens is 1. The van der Waals surface area contributed by atoms with Gasteiger partial charge in [0, 0.05) is 23.5 Å². The van der Waals surface area contributed by atoms with Gasteiger partial charge in [-0.3, -0.25) is 14.6 Å². The molecular weight excluding hydrogens is 292 g/mol. The van der Waals surface area contributed by atoms with Crippen molar-refractivity contribution in [3.05, 3.63) is 59.4 Å². The highest BCUT2D eigenvalue weighted by atomic mass is 35.5. The van der Waals surface area contributed by atoms with Crippen molar-refractivity contribution in [2.45, 2.75) is 6.42 Å². The fraction of sp³-hybridized carbons (Fsp3) is 0.133. The van der Waals surface area contributed by atoms with Gasteiger partial charge in [0.05, 0.1) is 6.42 Å². The number of hydrogen-bond donors (Lipinski definition) is 1. The van der Waals surface area contributed by atoms with Gasteiger partial charge in [0.25, 0.3) is 5.91 Å². The average Bonchev–Trinajstić information content (AvgIpc) is 2.48. The van der Waals surface area contributed by atoms with Crippen LogP contribution in [0.25, 0.3) is 0 Å². The van der Waals surface area contributed by atoms with Crippen molar-refractivity contribution in [3.63, 3.8) is 0 Å². The summed E-state index contributed by atoms with van der Waals surface area (Å²) in [4.78, 5) is 28.7. The minimum Gasteiger partial charge on any atom is -0.481 e. The van der Waals surface area contributed by atoms with Crippen molar-refractivity contribution in [1.82, 2.24) is 4.98 Å². The van der Waals surface area contributed by atoms with Gasteiger partial charge in [0.2, 0.25) is 0 Å². The van der Waals surface area contributed by atoms with Crippen molar-refractivity contribution in [2.24, 2.45) is 0 Å². The third kappa shape index (κ3) is 4.03. The molecule has 108 valence electrons. The zero-order valence-corrected chi connectivity index (χ0v) is 11.8. The van der Waals surface area contributed by atoms with Gasteiger partial charge in [-0.2, -0.15) is 0 Å². The Morgan fingerprint density at radius 2 is 1.90 bits per heavy atom. The molecule has 0 fully saturated rings. The lowest BCUT2D eigenvalue weighted by Crippen LogP contribution is -2.33. The third-order valence-corrected chi connectivity index (χ3v) is 3.04. The first-order valence-electron chi connectivity index (χ1n) is 6.28. The van der Waals surface area contributed by atoms with Crippen LogP contribution in [0.1, 0.15) is 16.9 Å². The van der Waals surface area contributed by atoms with E-state index in [1.54, 1.807) is 30.3 Å². The Bertz CT molecular complexity index is 646. The van der Waals surface area contributed by atoms with E-state index in [4.69, 9.17) is 16.7 Å². The maximum absolute atomic E-state index is 12.5. The maximum atomic E-state index is 12.5.